The molecular weight excluding hydrogens is 348 g/mol. The van der Waals surface area contributed by atoms with Crippen LogP contribution in [0.5, 0.6) is 0 Å². The van der Waals surface area contributed by atoms with Gasteiger partial charge in [0.2, 0.25) is 5.91 Å². The van der Waals surface area contributed by atoms with E-state index in [4.69, 9.17) is 16.9 Å². The van der Waals surface area contributed by atoms with Crippen molar-refractivity contribution in [1.29, 1.82) is 5.26 Å². The topological polar surface area (TPSA) is 59.7 Å². The number of hydrogen-bond donors (Lipinski definition) is 0. The number of amides is 1. The molecule has 0 aliphatic carbocycles. The van der Waals surface area contributed by atoms with Crippen LogP contribution in [0.25, 0.3) is 0 Å². The Morgan fingerprint density at radius 3 is 2.77 bits per heavy atom. The Morgan fingerprint density at radius 1 is 1.27 bits per heavy atom. The van der Waals surface area contributed by atoms with Crippen LogP contribution in [0.4, 0.5) is 5.69 Å². The van der Waals surface area contributed by atoms with Gasteiger partial charge in [0, 0.05) is 29.2 Å². The highest BCUT2D eigenvalue weighted by Crippen LogP contribution is 2.29. The summed E-state index contributed by atoms with van der Waals surface area (Å²) in [7, 11) is 1.86. The SMILES string of the molecule is CN(CC#N)CCN1C(=O)CN=C(c2ccccc2)c2cc(Cl)ccc21. The molecule has 1 aliphatic rings. The lowest BCUT2D eigenvalue weighted by Crippen LogP contribution is -2.38. The van der Waals surface area contributed by atoms with Gasteiger partial charge in [-0.2, -0.15) is 5.26 Å². The van der Waals surface area contributed by atoms with E-state index in [1.807, 2.05) is 54.4 Å². The number of carbonyl (C=O) groups is 1. The van der Waals surface area contributed by atoms with Gasteiger partial charge in [-0.3, -0.25) is 14.7 Å². The number of nitriles is 1. The average Bonchev–Trinajstić information content (AvgIpc) is 2.77. The molecule has 0 saturated carbocycles. The second kappa shape index (κ2) is 8.13. The van der Waals surface area contributed by atoms with Crippen molar-refractivity contribution in [3.8, 4) is 6.07 Å². The Hall–Kier alpha value is -2.68. The minimum Gasteiger partial charge on any atom is -0.309 e. The predicted octanol–water partition coefficient (Wildman–Crippen LogP) is 2.98. The van der Waals surface area contributed by atoms with Crippen LogP contribution < -0.4 is 4.90 Å². The summed E-state index contributed by atoms with van der Waals surface area (Å²) in [4.78, 5) is 20.9. The Kier molecular flexibility index (Phi) is 5.67. The number of benzodiazepines with no additional fused rings is 1. The molecule has 5 nitrogen and oxygen atoms in total. The van der Waals surface area contributed by atoms with Gasteiger partial charge in [-0.25, -0.2) is 0 Å². The molecule has 0 unspecified atom stereocenters. The van der Waals surface area contributed by atoms with Crippen LogP contribution in [0.3, 0.4) is 0 Å². The van der Waals surface area contributed by atoms with Gasteiger partial charge in [0.15, 0.2) is 0 Å². The fourth-order valence-electron chi connectivity index (χ4n) is 2.94. The predicted molar refractivity (Wildman–Crippen MR) is 104 cm³/mol. The van der Waals surface area contributed by atoms with Crippen molar-refractivity contribution in [2.45, 2.75) is 0 Å². The molecule has 6 heteroatoms. The second-order valence-electron chi connectivity index (χ2n) is 6.13. The van der Waals surface area contributed by atoms with E-state index in [2.05, 4.69) is 11.1 Å². The monoisotopic (exact) mass is 366 g/mol. The fourth-order valence-corrected chi connectivity index (χ4v) is 3.12. The van der Waals surface area contributed by atoms with Crippen molar-refractivity contribution in [3.05, 3.63) is 64.7 Å². The Morgan fingerprint density at radius 2 is 2.04 bits per heavy atom. The lowest BCUT2D eigenvalue weighted by molar-refractivity contribution is -0.117. The van der Waals surface area contributed by atoms with Crippen LogP contribution in [0, 0.1) is 11.3 Å². The van der Waals surface area contributed by atoms with E-state index in [0.29, 0.717) is 24.7 Å². The number of anilines is 1. The van der Waals surface area contributed by atoms with Gasteiger partial charge in [0.1, 0.15) is 6.54 Å². The minimum absolute atomic E-state index is 0.0649. The van der Waals surface area contributed by atoms with Crippen LogP contribution in [0.1, 0.15) is 11.1 Å². The summed E-state index contributed by atoms with van der Waals surface area (Å²) in [5.41, 5.74) is 3.36. The summed E-state index contributed by atoms with van der Waals surface area (Å²) < 4.78 is 0. The normalized spacial score (nSPS) is 13.8. The summed E-state index contributed by atoms with van der Waals surface area (Å²) in [6, 6.07) is 17.4. The molecule has 0 saturated heterocycles. The van der Waals surface area contributed by atoms with Crippen LogP contribution in [0.15, 0.2) is 53.5 Å². The van der Waals surface area contributed by atoms with E-state index in [0.717, 1.165) is 22.5 Å². The largest absolute Gasteiger partial charge is 0.309 e. The second-order valence-corrected chi connectivity index (χ2v) is 6.57. The summed E-state index contributed by atoms with van der Waals surface area (Å²) in [5.74, 6) is -0.0649. The third-order valence-corrected chi connectivity index (χ3v) is 4.51. The molecule has 0 spiro atoms. The molecule has 0 bridgehead atoms. The summed E-state index contributed by atoms with van der Waals surface area (Å²) in [6.07, 6.45) is 0. The van der Waals surface area contributed by atoms with E-state index in [1.165, 1.54) is 0 Å². The van der Waals surface area contributed by atoms with Crippen molar-refractivity contribution in [2.75, 3.05) is 38.1 Å². The number of halogens is 1. The van der Waals surface area contributed by atoms with Crippen LogP contribution in [-0.2, 0) is 4.79 Å². The lowest BCUT2D eigenvalue weighted by atomic mass is 10.00. The van der Waals surface area contributed by atoms with Gasteiger partial charge in [-0.15, -0.1) is 0 Å². The number of hydrogen-bond acceptors (Lipinski definition) is 4. The fraction of sp³-hybridized carbons (Fsp3) is 0.250. The van der Waals surface area contributed by atoms with Gasteiger partial charge in [0.25, 0.3) is 0 Å². The number of likely N-dealkylation sites (N-methyl/N-ethyl adjacent to an activating group) is 1. The molecule has 0 radical (unpaired) electrons. The quantitative estimate of drug-likeness (QED) is 0.764. The molecule has 1 amide bonds. The van der Waals surface area contributed by atoms with E-state index in [-0.39, 0.29) is 12.5 Å². The Balaban J connectivity index is 2.00. The zero-order chi connectivity index (χ0) is 18.5. The van der Waals surface area contributed by atoms with Crippen molar-refractivity contribution in [1.82, 2.24) is 4.90 Å². The molecule has 2 aromatic rings. The molecule has 132 valence electrons. The highest BCUT2D eigenvalue weighted by atomic mass is 35.5. The maximum absolute atomic E-state index is 12.7. The number of benzene rings is 2. The Bertz CT molecular complexity index is 873. The third kappa shape index (κ3) is 3.93. The average molecular weight is 367 g/mol. The van der Waals surface area contributed by atoms with Crippen molar-refractivity contribution in [3.63, 3.8) is 0 Å². The zero-order valence-electron chi connectivity index (χ0n) is 14.5. The standard InChI is InChI=1S/C20H19ClN4O/c1-24(10-9-22)11-12-25-18-8-7-16(21)13-17(18)20(23-14-19(25)26)15-5-3-2-4-6-15/h2-8,13H,10-12,14H2,1H3. The molecule has 26 heavy (non-hydrogen) atoms. The van der Waals surface area contributed by atoms with Crippen LogP contribution in [-0.4, -0.2) is 49.7 Å². The first-order valence-corrected chi connectivity index (χ1v) is 8.73. The number of aliphatic imine (C=N–C) groups is 1. The van der Waals surface area contributed by atoms with Crippen molar-refractivity contribution < 1.29 is 4.79 Å². The minimum atomic E-state index is -0.0649. The van der Waals surface area contributed by atoms with Gasteiger partial charge in [-0.1, -0.05) is 41.9 Å². The number of rotatable bonds is 5. The highest BCUT2D eigenvalue weighted by molar-refractivity contribution is 6.32. The number of nitrogens with zero attached hydrogens (tertiary/aromatic N) is 4. The molecule has 0 atom stereocenters. The first-order chi connectivity index (χ1) is 12.6. The smallest absolute Gasteiger partial charge is 0.248 e. The van der Waals surface area contributed by atoms with E-state index in [9.17, 15) is 4.79 Å². The van der Waals surface area contributed by atoms with Crippen molar-refractivity contribution in [2.24, 2.45) is 4.99 Å². The van der Waals surface area contributed by atoms with Gasteiger partial charge in [0.05, 0.1) is 24.0 Å². The maximum Gasteiger partial charge on any atom is 0.248 e. The lowest BCUT2D eigenvalue weighted by Gasteiger charge is -2.25. The molecule has 1 aliphatic heterocycles. The summed E-state index contributed by atoms with van der Waals surface area (Å²) in [6.45, 7) is 1.49. The van der Waals surface area contributed by atoms with Gasteiger partial charge < -0.3 is 4.90 Å². The Labute approximate surface area is 158 Å². The first kappa shape index (κ1) is 18.1. The first-order valence-electron chi connectivity index (χ1n) is 8.36. The van der Waals surface area contributed by atoms with Crippen LogP contribution in [0.2, 0.25) is 5.02 Å². The molecule has 2 aromatic carbocycles. The maximum atomic E-state index is 12.7. The molecule has 1 heterocycles. The number of carbonyl (C=O) groups excluding carboxylic acids is 1. The summed E-state index contributed by atoms with van der Waals surface area (Å²) in [5, 5.41) is 9.41. The zero-order valence-corrected chi connectivity index (χ0v) is 15.3. The molecular formula is C20H19ClN4O. The number of fused-ring (bicyclic) bond motifs is 1. The molecule has 0 fully saturated rings. The summed E-state index contributed by atoms with van der Waals surface area (Å²) >= 11 is 6.23. The van der Waals surface area contributed by atoms with E-state index in [1.54, 1.807) is 11.0 Å². The molecule has 0 N–H and O–H groups in total. The van der Waals surface area contributed by atoms with Crippen molar-refractivity contribution >= 4 is 28.9 Å². The van der Waals surface area contributed by atoms with Gasteiger partial charge in [-0.05, 0) is 25.2 Å². The van der Waals surface area contributed by atoms with Crippen LogP contribution >= 0.6 is 11.6 Å². The molecule has 3 rings (SSSR count). The molecule has 0 aromatic heterocycles. The third-order valence-electron chi connectivity index (χ3n) is 4.27. The van der Waals surface area contributed by atoms with E-state index < -0.39 is 0 Å². The van der Waals surface area contributed by atoms with Gasteiger partial charge >= 0.3 is 0 Å². The highest BCUT2D eigenvalue weighted by Gasteiger charge is 2.25. The van der Waals surface area contributed by atoms with E-state index >= 15 is 0 Å².